The molecule has 2 N–H and O–H groups in total. The lowest BCUT2D eigenvalue weighted by atomic mass is 10.2. The average molecular weight is 325 g/mol. The number of carbonyl (C=O) groups is 1. The quantitative estimate of drug-likeness (QED) is 0.865. The Labute approximate surface area is 135 Å². The van der Waals surface area contributed by atoms with Gasteiger partial charge >= 0.3 is 0 Å². The zero-order valence-corrected chi connectivity index (χ0v) is 13.7. The molecule has 0 fully saturated rings. The number of pyridine rings is 1. The van der Waals surface area contributed by atoms with Crippen molar-refractivity contribution in [2.75, 3.05) is 13.1 Å². The van der Waals surface area contributed by atoms with Crippen LogP contribution in [0.25, 0.3) is 5.65 Å². The minimum Gasteiger partial charge on any atom is -0.350 e. The molecule has 0 spiro atoms. The van der Waals surface area contributed by atoms with E-state index in [2.05, 4.69) is 15.6 Å². The number of fused-ring (bicyclic) bond motifs is 1. The number of aromatic nitrogens is 2. The molecule has 2 aromatic rings. The molecule has 22 heavy (non-hydrogen) atoms. The fourth-order valence-corrected chi connectivity index (χ4v) is 2.09. The third kappa shape index (κ3) is 4.05. The highest BCUT2D eigenvalue weighted by atomic mass is 35.5. The fourth-order valence-electron chi connectivity index (χ4n) is 2.09. The molecule has 1 amide bonds. The van der Waals surface area contributed by atoms with Gasteiger partial charge in [-0.25, -0.2) is 4.98 Å². The maximum atomic E-state index is 12.3. The van der Waals surface area contributed by atoms with Crippen LogP contribution in [0.2, 0.25) is 0 Å². The van der Waals surface area contributed by atoms with Crippen LogP contribution in [-0.2, 0) is 0 Å². The first kappa shape index (κ1) is 18.1. The molecule has 0 aliphatic heterocycles. The zero-order chi connectivity index (χ0) is 15.4. The van der Waals surface area contributed by atoms with Crippen molar-refractivity contribution in [2.24, 2.45) is 0 Å². The van der Waals surface area contributed by atoms with Crippen LogP contribution in [0.5, 0.6) is 0 Å². The number of rotatable bonds is 5. The molecule has 7 heteroatoms. The summed E-state index contributed by atoms with van der Waals surface area (Å²) in [6, 6.07) is 3.76. The summed E-state index contributed by atoms with van der Waals surface area (Å²) in [7, 11) is 0. The van der Waals surface area contributed by atoms with Gasteiger partial charge in [0.2, 0.25) is 0 Å². The highest BCUT2D eigenvalue weighted by Gasteiger charge is 2.13. The van der Waals surface area contributed by atoms with Crippen LogP contribution < -0.4 is 16.2 Å². The number of likely N-dealkylation sites (N-methyl/N-ethyl adjacent to an activating group) is 1. The Morgan fingerprint density at radius 3 is 2.86 bits per heavy atom. The van der Waals surface area contributed by atoms with Crippen LogP contribution in [0.1, 0.15) is 29.8 Å². The molecule has 2 aromatic heterocycles. The van der Waals surface area contributed by atoms with E-state index in [0.717, 1.165) is 12.1 Å². The van der Waals surface area contributed by atoms with Crippen LogP contribution in [0.4, 0.5) is 0 Å². The Kier molecular flexibility index (Phi) is 6.52. The number of carbonyl (C=O) groups excluding carboxylic acids is 1. The largest absolute Gasteiger partial charge is 0.350 e. The number of amides is 1. The summed E-state index contributed by atoms with van der Waals surface area (Å²) >= 11 is 0. The molecule has 120 valence electrons. The number of hydrogen-bond donors (Lipinski definition) is 2. The normalized spacial score (nSPS) is 11.8. The van der Waals surface area contributed by atoms with Gasteiger partial charge in [0.15, 0.2) is 0 Å². The maximum Gasteiger partial charge on any atom is 0.270 e. The van der Waals surface area contributed by atoms with E-state index in [1.165, 1.54) is 10.6 Å². The Morgan fingerprint density at radius 2 is 2.18 bits per heavy atom. The lowest BCUT2D eigenvalue weighted by Crippen LogP contribution is -2.40. The first-order chi connectivity index (χ1) is 10.0. The predicted octanol–water partition coefficient (Wildman–Crippen LogP) is 1.15. The van der Waals surface area contributed by atoms with Crippen LogP contribution in [-0.4, -0.2) is 34.4 Å². The Hall–Kier alpha value is -1.92. The molecule has 0 unspecified atom stereocenters. The fraction of sp³-hybridized carbons (Fsp3) is 0.400. The molecule has 0 aliphatic rings. The molecule has 6 nitrogen and oxygen atoms in total. The number of nitrogens with zero attached hydrogens (tertiary/aromatic N) is 2. The molecule has 0 saturated carbocycles. The van der Waals surface area contributed by atoms with E-state index in [1.807, 2.05) is 26.8 Å². The van der Waals surface area contributed by atoms with Crippen molar-refractivity contribution in [3.8, 4) is 0 Å². The minimum absolute atomic E-state index is 0. The molecule has 0 radical (unpaired) electrons. The second-order valence-corrected chi connectivity index (χ2v) is 5.08. The number of hydrogen-bond acceptors (Lipinski definition) is 4. The van der Waals surface area contributed by atoms with Gasteiger partial charge in [-0.2, -0.15) is 0 Å². The van der Waals surface area contributed by atoms with Gasteiger partial charge in [0.1, 0.15) is 11.2 Å². The topological polar surface area (TPSA) is 75.5 Å². The monoisotopic (exact) mass is 324 g/mol. The van der Waals surface area contributed by atoms with Gasteiger partial charge in [0.05, 0.1) is 0 Å². The molecule has 1 atom stereocenters. The first-order valence-electron chi connectivity index (χ1n) is 7.02. The van der Waals surface area contributed by atoms with Gasteiger partial charge in [-0.1, -0.05) is 6.92 Å². The van der Waals surface area contributed by atoms with Crippen molar-refractivity contribution < 1.29 is 4.79 Å². The number of aryl methyl sites for hydroxylation is 1. The predicted molar refractivity (Wildman–Crippen MR) is 88.9 cm³/mol. The van der Waals surface area contributed by atoms with Crippen molar-refractivity contribution in [1.82, 2.24) is 20.0 Å². The van der Waals surface area contributed by atoms with Crippen molar-refractivity contribution in [3.05, 3.63) is 46.0 Å². The molecule has 2 heterocycles. The lowest BCUT2D eigenvalue weighted by Gasteiger charge is -2.13. The van der Waals surface area contributed by atoms with Gasteiger partial charge in [0.25, 0.3) is 11.5 Å². The molecular weight excluding hydrogens is 304 g/mol. The van der Waals surface area contributed by atoms with Crippen molar-refractivity contribution >= 4 is 24.0 Å². The zero-order valence-electron chi connectivity index (χ0n) is 12.9. The number of nitrogens with one attached hydrogen (secondary N) is 2. The van der Waals surface area contributed by atoms with Crippen molar-refractivity contribution in [1.29, 1.82) is 0 Å². The van der Waals surface area contributed by atoms with Crippen LogP contribution in [0.15, 0.2) is 29.3 Å². The summed E-state index contributed by atoms with van der Waals surface area (Å²) in [6.07, 6.45) is 2.97. The molecule has 2 rings (SSSR count). The summed E-state index contributed by atoms with van der Waals surface area (Å²) in [6.45, 7) is 7.19. The first-order valence-corrected chi connectivity index (χ1v) is 7.02. The summed E-state index contributed by atoms with van der Waals surface area (Å²) in [5, 5.41) is 5.93. The maximum absolute atomic E-state index is 12.3. The summed E-state index contributed by atoms with van der Waals surface area (Å²) < 4.78 is 1.38. The van der Waals surface area contributed by atoms with Crippen molar-refractivity contribution in [2.45, 2.75) is 26.8 Å². The highest BCUT2D eigenvalue weighted by Crippen LogP contribution is 2.02. The molecule has 0 aliphatic carbocycles. The van der Waals surface area contributed by atoms with Gasteiger partial charge in [-0.05, 0) is 38.1 Å². The average Bonchev–Trinajstić information content (AvgIpc) is 2.45. The van der Waals surface area contributed by atoms with E-state index in [0.29, 0.717) is 12.2 Å². The SMILES string of the molecule is CCN[C@H](C)CNC(=O)c1cnc2cc(C)ccn2c1=O.Cl. The number of halogens is 1. The van der Waals surface area contributed by atoms with E-state index >= 15 is 0 Å². The van der Waals surface area contributed by atoms with E-state index in [9.17, 15) is 9.59 Å². The van der Waals surface area contributed by atoms with Crippen molar-refractivity contribution in [3.63, 3.8) is 0 Å². The van der Waals surface area contributed by atoms with E-state index in [4.69, 9.17) is 0 Å². The van der Waals surface area contributed by atoms with E-state index in [1.54, 1.807) is 12.3 Å². The van der Waals surface area contributed by atoms with Crippen LogP contribution >= 0.6 is 12.4 Å². The Morgan fingerprint density at radius 1 is 1.45 bits per heavy atom. The van der Waals surface area contributed by atoms with Gasteiger partial charge < -0.3 is 10.6 Å². The van der Waals surface area contributed by atoms with Crippen LogP contribution in [0.3, 0.4) is 0 Å². The summed E-state index contributed by atoms with van der Waals surface area (Å²) in [5.74, 6) is -0.396. The van der Waals surface area contributed by atoms with Gasteiger partial charge in [0, 0.05) is 25.0 Å². The standard InChI is InChI=1S/C15H20N4O2.ClH/c1-4-16-11(3)8-18-14(20)12-9-17-13-7-10(2)5-6-19(13)15(12)21;/h5-7,9,11,16H,4,8H2,1-3H3,(H,18,20);1H/t11-;/m1./s1. The third-order valence-corrected chi connectivity index (χ3v) is 3.23. The molecule has 0 saturated heterocycles. The van der Waals surface area contributed by atoms with E-state index in [-0.39, 0.29) is 29.6 Å². The van der Waals surface area contributed by atoms with Gasteiger partial charge in [-0.15, -0.1) is 12.4 Å². The Balaban J connectivity index is 0.00000242. The minimum atomic E-state index is -0.396. The third-order valence-electron chi connectivity index (χ3n) is 3.23. The smallest absolute Gasteiger partial charge is 0.270 e. The van der Waals surface area contributed by atoms with Gasteiger partial charge in [-0.3, -0.25) is 14.0 Å². The Bertz CT molecular complexity index is 714. The second-order valence-electron chi connectivity index (χ2n) is 5.08. The molecular formula is C15H21ClN4O2. The highest BCUT2D eigenvalue weighted by molar-refractivity contribution is 5.93. The van der Waals surface area contributed by atoms with Crippen LogP contribution in [0, 0.1) is 6.92 Å². The second kappa shape index (κ2) is 7.91. The van der Waals surface area contributed by atoms with E-state index < -0.39 is 5.91 Å². The molecule has 0 bridgehead atoms. The summed E-state index contributed by atoms with van der Waals surface area (Å²) in [4.78, 5) is 28.6. The summed E-state index contributed by atoms with van der Waals surface area (Å²) in [5.41, 5.74) is 1.25. The molecule has 0 aromatic carbocycles. The lowest BCUT2D eigenvalue weighted by molar-refractivity contribution is 0.0948.